The molecule has 1 aromatic rings. The number of aromatic nitrogens is 1. The summed E-state index contributed by atoms with van der Waals surface area (Å²) in [5.74, 6) is 1.21. The normalized spacial score (nSPS) is 17.4. The second-order valence-corrected chi connectivity index (χ2v) is 11.3. The Morgan fingerprint density at radius 1 is 1.16 bits per heavy atom. The Hall–Kier alpha value is -3.55. The third-order valence-corrected chi connectivity index (χ3v) is 6.25. The van der Waals surface area contributed by atoms with Crippen molar-refractivity contribution in [3.05, 3.63) is 72.1 Å². The number of hydrogen-bond acceptors (Lipinski definition) is 6. The molecule has 0 aliphatic carbocycles. The molecule has 3 heterocycles. The van der Waals surface area contributed by atoms with Crippen LogP contribution < -0.4 is 5.32 Å². The number of carbonyl (C=O) groups is 2. The van der Waals surface area contributed by atoms with Crippen LogP contribution in [0.1, 0.15) is 61.3 Å². The first kappa shape index (κ1) is 29.0. The number of rotatable bonds is 7. The molecule has 2 aliphatic rings. The highest BCUT2D eigenvalue weighted by atomic mass is 16.6. The van der Waals surface area contributed by atoms with Gasteiger partial charge in [0.05, 0.1) is 11.7 Å². The lowest BCUT2D eigenvalue weighted by molar-refractivity contribution is -0.113. The van der Waals surface area contributed by atoms with Crippen LogP contribution in [-0.4, -0.2) is 51.6 Å². The molecule has 0 bridgehead atoms. The van der Waals surface area contributed by atoms with Crippen molar-refractivity contribution in [2.45, 2.75) is 73.0 Å². The molecule has 206 valence electrons. The monoisotopic (exact) mass is 522 g/mol. The standard InChI is InChI=1S/C30H42N4O4/c1-20(2)24(23-12-15-33(16-13-23)29(36)38-30(6,7)8)18-34-19-25(26(17-22(34)5)37-21(3)4)28(35)32-27-11-9-10-14-31-27/h9-11,14,17-21,23H,5,12-13,15-16H2,1-4,6-8H3,(H,31,32,35)/b24-18+. The van der Waals surface area contributed by atoms with Crippen LogP contribution in [0, 0.1) is 11.8 Å². The Morgan fingerprint density at radius 2 is 1.84 bits per heavy atom. The van der Waals surface area contributed by atoms with E-state index in [1.807, 2.05) is 45.6 Å². The number of nitrogens with one attached hydrogen (secondary N) is 1. The van der Waals surface area contributed by atoms with E-state index in [9.17, 15) is 9.59 Å². The first-order chi connectivity index (χ1) is 17.8. The molecule has 1 N–H and O–H groups in total. The highest BCUT2D eigenvalue weighted by molar-refractivity contribution is 6.06. The second kappa shape index (κ2) is 12.3. The van der Waals surface area contributed by atoms with Crippen LogP contribution in [0.4, 0.5) is 10.6 Å². The van der Waals surface area contributed by atoms with Gasteiger partial charge in [0, 0.05) is 43.5 Å². The topological polar surface area (TPSA) is 84.0 Å². The van der Waals surface area contributed by atoms with Crippen molar-refractivity contribution in [3.63, 3.8) is 0 Å². The average Bonchev–Trinajstić information content (AvgIpc) is 2.82. The second-order valence-electron chi connectivity index (χ2n) is 11.3. The minimum atomic E-state index is -0.510. The quantitative estimate of drug-likeness (QED) is 0.457. The highest BCUT2D eigenvalue weighted by Crippen LogP contribution is 2.33. The van der Waals surface area contributed by atoms with Gasteiger partial charge in [-0.25, -0.2) is 9.78 Å². The fraction of sp³-hybridized carbons (Fsp3) is 0.500. The molecule has 0 saturated carbocycles. The van der Waals surface area contributed by atoms with Gasteiger partial charge in [-0.3, -0.25) is 4.79 Å². The van der Waals surface area contributed by atoms with Gasteiger partial charge in [-0.15, -0.1) is 0 Å². The number of likely N-dealkylation sites (tertiary alicyclic amines) is 1. The number of carbonyl (C=O) groups excluding carboxylic acids is 2. The van der Waals surface area contributed by atoms with Crippen molar-refractivity contribution in [2.24, 2.45) is 11.8 Å². The van der Waals surface area contributed by atoms with Crippen LogP contribution in [-0.2, 0) is 14.3 Å². The fourth-order valence-corrected chi connectivity index (χ4v) is 4.46. The molecule has 1 aromatic heterocycles. The van der Waals surface area contributed by atoms with Crippen LogP contribution in [0.25, 0.3) is 0 Å². The van der Waals surface area contributed by atoms with Gasteiger partial charge in [0.25, 0.3) is 5.91 Å². The third-order valence-electron chi connectivity index (χ3n) is 6.25. The summed E-state index contributed by atoms with van der Waals surface area (Å²) in [6, 6.07) is 5.36. The van der Waals surface area contributed by atoms with Crippen molar-refractivity contribution in [3.8, 4) is 0 Å². The van der Waals surface area contributed by atoms with Gasteiger partial charge in [-0.1, -0.05) is 26.5 Å². The summed E-state index contributed by atoms with van der Waals surface area (Å²) in [5, 5.41) is 2.86. The van der Waals surface area contributed by atoms with E-state index < -0.39 is 5.60 Å². The van der Waals surface area contributed by atoms with Crippen LogP contribution in [0.15, 0.2) is 72.1 Å². The lowest BCUT2D eigenvalue weighted by atomic mass is 9.83. The smallest absolute Gasteiger partial charge is 0.410 e. The van der Waals surface area contributed by atoms with Crippen LogP contribution in [0.5, 0.6) is 0 Å². The molecular weight excluding hydrogens is 480 g/mol. The number of anilines is 1. The fourth-order valence-electron chi connectivity index (χ4n) is 4.46. The van der Waals surface area contributed by atoms with Gasteiger partial charge in [-0.2, -0.15) is 0 Å². The first-order valence-corrected chi connectivity index (χ1v) is 13.3. The van der Waals surface area contributed by atoms with Gasteiger partial charge in [0.2, 0.25) is 0 Å². The molecule has 1 fully saturated rings. The van der Waals surface area contributed by atoms with E-state index in [-0.39, 0.29) is 24.0 Å². The number of allylic oxidation sites excluding steroid dienone is 2. The number of ether oxygens (including phenoxy) is 2. The molecular formula is C30H42N4O4. The maximum absolute atomic E-state index is 13.3. The zero-order chi connectivity index (χ0) is 28.0. The zero-order valence-corrected chi connectivity index (χ0v) is 23.8. The van der Waals surface area contributed by atoms with Gasteiger partial charge >= 0.3 is 6.09 Å². The van der Waals surface area contributed by atoms with Crippen LogP contribution >= 0.6 is 0 Å². The molecule has 2 aliphatic heterocycles. The van der Waals surface area contributed by atoms with E-state index in [0.29, 0.717) is 41.9 Å². The van der Waals surface area contributed by atoms with E-state index in [1.165, 1.54) is 5.57 Å². The number of pyridine rings is 1. The van der Waals surface area contributed by atoms with Gasteiger partial charge in [0.1, 0.15) is 17.2 Å². The number of amides is 2. The van der Waals surface area contributed by atoms with E-state index in [1.54, 1.807) is 35.5 Å². The SMILES string of the molecule is C=C1C=C(OC(C)C)C(C(=O)Nc2ccccn2)=CN1/C=C(\C(C)C)C1CCN(C(=O)OC(C)(C)C)CC1. The largest absolute Gasteiger partial charge is 0.490 e. The molecule has 38 heavy (non-hydrogen) atoms. The Morgan fingerprint density at radius 3 is 2.39 bits per heavy atom. The predicted molar refractivity (Wildman–Crippen MR) is 150 cm³/mol. The van der Waals surface area contributed by atoms with Gasteiger partial charge in [0.15, 0.2) is 0 Å². The Kier molecular flexibility index (Phi) is 9.41. The summed E-state index contributed by atoms with van der Waals surface area (Å²) in [4.78, 5) is 33.7. The maximum Gasteiger partial charge on any atom is 0.410 e. The van der Waals surface area contributed by atoms with Crippen molar-refractivity contribution in [2.75, 3.05) is 18.4 Å². The van der Waals surface area contributed by atoms with Crippen molar-refractivity contribution >= 4 is 17.8 Å². The molecule has 0 unspecified atom stereocenters. The van der Waals surface area contributed by atoms with E-state index in [2.05, 4.69) is 36.9 Å². The summed E-state index contributed by atoms with van der Waals surface area (Å²) in [6.45, 7) is 19.3. The molecule has 3 rings (SSSR count). The maximum atomic E-state index is 13.3. The summed E-state index contributed by atoms with van der Waals surface area (Å²) < 4.78 is 11.5. The predicted octanol–water partition coefficient (Wildman–Crippen LogP) is 6.23. The zero-order valence-electron chi connectivity index (χ0n) is 23.8. The Labute approximate surface area is 227 Å². The lowest BCUT2D eigenvalue weighted by Crippen LogP contribution is -2.42. The van der Waals surface area contributed by atoms with Crippen LogP contribution in [0.3, 0.4) is 0 Å². The summed E-state index contributed by atoms with van der Waals surface area (Å²) in [7, 11) is 0. The van der Waals surface area contributed by atoms with Crippen molar-refractivity contribution < 1.29 is 19.1 Å². The molecule has 0 aromatic carbocycles. The van der Waals surface area contributed by atoms with E-state index in [0.717, 1.165) is 12.8 Å². The Bertz CT molecular complexity index is 1100. The summed E-state index contributed by atoms with van der Waals surface area (Å²) >= 11 is 0. The molecule has 0 radical (unpaired) electrons. The molecule has 0 spiro atoms. The number of piperidine rings is 1. The van der Waals surface area contributed by atoms with Crippen LogP contribution in [0.2, 0.25) is 0 Å². The summed E-state index contributed by atoms with van der Waals surface area (Å²) in [6.07, 6.45) is 8.61. The molecule has 1 saturated heterocycles. The third kappa shape index (κ3) is 7.97. The molecule has 0 atom stereocenters. The van der Waals surface area contributed by atoms with Crippen molar-refractivity contribution in [1.82, 2.24) is 14.8 Å². The number of nitrogens with zero attached hydrogens (tertiary/aromatic N) is 3. The van der Waals surface area contributed by atoms with Gasteiger partial charge in [-0.05, 0) is 77.0 Å². The number of hydrogen-bond donors (Lipinski definition) is 1. The minimum absolute atomic E-state index is 0.108. The highest BCUT2D eigenvalue weighted by Gasteiger charge is 2.30. The molecule has 8 nitrogen and oxygen atoms in total. The first-order valence-electron chi connectivity index (χ1n) is 13.3. The average molecular weight is 523 g/mol. The van der Waals surface area contributed by atoms with E-state index in [4.69, 9.17) is 9.47 Å². The molecule has 8 heteroatoms. The Balaban J connectivity index is 1.82. The van der Waals surface area contributed by atoms with Crippen molar-refractivity contribution in [1.29, 1.82) is 0 Å². The van der Waals surface area contributed by atoms with E-state index >= 15 is 0 Å². The minimum Gasteiger partial charge on any atom is -0.490 e. The van der Waals surface area contributed by atoms with Gasteiger partial charge < -0.3 is 24.6 Å². The lowest BCUT2D eigenvalue weighted by Gasteiger charge is -2.36. The molecule has 2 amide bonds. The summed E-state index contributed by atoms with van der Waals surface area (Å²) in [5.41, 5.74) is 1.84.